The summed E-state index contributed by atoms with van der Waals surface area (Å²) in [5.74, 6) is -0.209. The van der Waals surface area contributed by atoms with Gasteiger partial charge in [-0.2, -0.15) is 9.97 Å². The van der Waals surface area contributed by atoms with Crippen LogP contribution in [0.2, 0.25) is 5.15 Å². The van der Waals surface area contributed by atoms with E-state index < -0.39 is 17.9 Å². The molecule has 3 aromatic heterocycles. The van der Waals surface area contributed by atoms with Gasteiger partial charge in [0.15, 0.2) is 16.7 Å². The predicted molar refractivity (Wildman–Crippen MR) is 147 cm³/mol. The molecule has 0 radical (unpaired) electrons. The van der Waals surface area contributed by atoms with Gasteiger partial charge in [-0.3, -0.25) is 4.90 Å². The van der Waals surface area contributed by atoms with Crippen LogP contribution in [0.1, 0.15) is 56.3 Å². The number of aromatic nitrogens is 5. The van der Waals surface area contributed by atoms with E-state index in [2.05, 4.69) is 29.7 Å². The fourth-order valence-corrected chi connectivity index (χ4v) is 7.23. The fraction of sp³-hybridized carbons (Fsp3) is 0.607. The number of pyridine rings is 1. The highest BCUT2D eigenvalue weighted by molar-refractivity contribution is 6.30. The van der Waals surface area contributed by atoms with Gasteiger partial charge in [-0.1, -0.05) is 11.6 Å². The van der Waals surface area contributed by atoms with E-state index in [1.165, 1.54) is 12.4 Å². The van der Waals surface area contributed by atoms with E-state index in [1.807, 2.05) is 0 Å². The molecule has 0 aliphatic carbocycles. The number of ether oxygens (including phenoxy) is 3. The van der Waals surface area contributed by atoms with Gasteiger partial charge >= 0.3 is 6.01 Å². The standard InChI is InChI=1S/C28H31ClF3N7O3/c29-23-20(30)21-19-18(35-23)4-3-16-13-40-12-2-10-38(16)25(19)37-27(36-21)42-15-28-6-1-11-39(28)17(5-7-28)14-41-26-22(24(31)32)33-8-9-34-26/h8-9,16-17,24H,1-7,10-15H2/t16-,17-,28-/m0/s1. The molecule has 4 aliphatic rings. The first-order chi connectivity index (χ1) is 20.4. The Hall–Kier alpha value is -3.03. The lowest BCUT2D eigenvalue weighted by atomic mass is 9.95. The Morgan fingerprint density at radius 1 is 1.07 bits per heavy atom. The quantitative estimate of drug-likeness (QED) is 0.357. The number of fused-ring (bicyclic) bond motifs is 3. The van der Waals surface area contributed by atoms with E-state index >= 15 is 4.39 Å². The van der Waals surface area contributed by atoms with Gasteiger partial charge in [0, 0.05) is 31.6 Å². The summed E-state index contributed by atoms with van der Waals surface area (Å²) in [6, 6.07) is 0.180. The van der Waals surface area contributed by atoms with E-state index in [9.17, 15) is 8.78 Å². The zero-order chi connectivity index (χ0) is 28.8. The van der Waals surface area contributed by atoms with Crippen LogP contribution in [0.5, 0.6) is 11.9 Å². The molecule has 4 aliphatic heterocycles. The maximum Gasteiger partial charge on any atom is 0.319 e. The van der Waals surface area contributed by atoms with Crippen molar-refractivity contribution in [1.29, 1.82) is 0 Å². The molecule has 3 aromatic rings. The molecule has 0 spiro atoms. The molecule has 0 bridgehead atoms. The third-order valence-electron chi connectivity index (χ3n) is 9.02. The van der Waals surface area contributed by atoms with Crippen LogP contribution in [0, 0.1) is 5.82 Å². The number of alkyl halides is 2. The molecule has 3 fully saturated rings. The lowest BCUT2D eigenvalue weighted by Crippen LogP contribution is -2.48. The number of aryl methyl sites for hydroxylation is 1. The Labute approximate surface area is 245 Å². The van der Waals surface area contributed by atoms with E-state index in [1.54, 1.807) is 0 Å². The number of hydrogen-bond acceptors (Lipinski definition) is 10. The lowest BCUT2D eigenvalue weighted by Gasteiger charge is -2.34. The van der Waals surface area contributed by atoms with Gasteiger partial charge in [-0.25, -0.2) is 28.1 Å². The number of nitrogens with zero attached hydrogens (tertiary/aromatic N) is 7. The highest BCUT2D eigenvalue weighted by Crippen LogP contribution is 2.43. The molecular weight excluding hydrogens is 575 g/mol. The minimum atomic E-state index is -2.77. The van der Waals surface area contributed by atoms with Crippen LogP contribution < -0.4 is 14.4 Å². The van der Waals surface area contributed by atoms with E-state index in [0.29, 0.717) is 43.1 Å². The van der Waals surface area contributed by atoms with Crippen LogP contribution >= 0.6 is 11.6 Å². The van der Waals surface area contributed by atoms with Crippen LogP contribution in [0.3, 0.4) is 0 Å². The summed E-state index contributed by atoms with van der Waals surface area (Å²) < 4.78 is 60.0. The Bertz CT molecular complexity index is 1490. The third kappa shape index (κ3) is 4.88. The summed E-state index contributed by atoms with van der Waals surface area (Å²) in [7, 11) is 0. The molecule has 0 N–H and O–H groups in total. The van der Waals surface area contributed by atoms with E-state index in [0.717, 1.165) is 51.6 Å². The molecule has 7 heterocycles. The Morgan fingerprint density at radius 2 is 1.95 bits per heavy atom. The number of rotatable bonds is 7. The molecule has 3 saturated heterocycles. The van der Waals surface area contributed by atoms with Gasteiger partial charge in [0.1, 0.15) is 24.5 Å². The largest absolute Gasteiger partial charge is 0.475 e. The number of halogens is 4. The highest BCUT2D eigenvalue weighted by Gasteiger charge is 2.50. The molecule has 3 atom stereocenters. The maximum absolute atomic E-state index is 15.4. The first-order valence-electron chi connectivity index (χ1n) is 14.4. The van der Waals surface area contributed by atoms with Crippen molar-refractivity contribution in [3.63, 3.8) is 0 Å². The van der Waals surface area contributed by atoms with Crippen LogP contribution in [-0.2, 0) is 11.2 Å². The second-order valence-electron chi connectivity index (χ2n) is 11.4. The molecule has 0 unspecified atom stereocenters. The minimum Gasteiger partial charge on any atom is -0.475 e. The van der Waals surface area contributed by atoms with Crippen molar-refractivity contribution in [2.24, 2.45) is 0 Å². The molecule has 10 nitrogen and oxygen atoms in total. The average Bonchev–Trinajstić information content (AvgIpc) is 3.41. The van der Waals surface area contributed by atoms with Crippen molar-refractivity contribution >= 4 is 28.3 Å². The first kappa shape index (κ1) is 27.8. The van der Waals surface area contributed by atoms with Gasteiger partial charge in [0.25, 0.3) is 6.43 Å². The summed E-state index contributed by atoms with van der Waals surface area (Å²) in [6.07, 6.45) is 5.55. The number of hydrogen-bond donors (Lipinski definition) is 0. The lowest BCUT2D eigenvalue weighted by molar-refractivity contribution is 0.0661. The Balaban J connectivity index is 1.14. The normalized spacial score (nSPS) is 25.8. The van der Waals surface area contributed by atoms with Crippen molar-refractivity contribution in [2.75, 3.05) is 44.4 Å². The molecule has 0 aromatic carbocycles. The Morgan fingerprint density at radius 3 is 2.83 bits per heavy atom. The monoisotopic (exact) mass is 605 g/mol. The summed E-state index contributed by atoms with van der Waals surface area (Å²) >= 11 is 6.21. The Kier molecular flexibility index (Phi) is 7.43. The van der Waals surface area contributed by atoms with Gasteiger partial charge < -0.3 is 19.1 Å². The summed E-state index contributed by atoms with van der Waals surface area (Å²) in [6.45, 7) is 3.29. The van der Waals surface area contributed by atoms with E-state index in [-0.39, 0.29) is 46.8 Å². The molecule has 7 rings (SSSR count). The molecule has 42 heavy (non-hydrogen) atoms. The van der Waals surface area contributed by atoms with Gasteiger partial charge in [0.2, 0.25) is 5.88 Å². The molecule has 0 saturated carbocycles. The minimum absolute atomic E-state index is 0.00793. The van der Waals surface area contributed by atoms with Crippen LogP contribution in [-0.4, -0.2) is 87.0 Å². The highest BCUT2D eigenvalue weighted by atomic mass is 35.5. The summed E-state index contributed by atoms with van der Waals surface area (Å²) in [5, 5.41) is 0.373. The second kappa shape index (κ2) is 11.2. The summed E-state index contributed by atoms with van der Waals surface area (Å²) in [5.41, 5.74) is 0.0625. The zero-order valence-corrected chi connectivity index (χ0v) is 23.7. The van der Waals surface area contributed by atoms with Crippen LogP contribution in [0.4, 0.5) is 19.0 Å². The van der Waals surface area contributed by atoms with Crippen molar-refractivity contribution in [1.82, 2.24) is 29.8 Å². The van der Waals surface area contributed by atoms with Crippen LogP contribution in [0.15, 0.2) is 12.4 Å². The maximum atomic E-state index is 15.4. The van der Waals surface area contributed by atoms with Crippen molar-refractivity contribution in [2.45, 2.75) is 69.0 Å². The smallest absolute Gasteiger partial charge is 0.319 e. The van der Waals surface area contributed by atoms with Crippen molar-refractivity contribution in [3.05, 3.63) is 34.8 Å². The first-order valence-corrected chi connectivity index (χ1v) is 14.8. The van der Waals surface area contributed by atoms with Gasteiger partial charge in [-0.05, 0) is 51.5 Å². The zero-order valence-electron chi connectivity index (χ0n) is 22.9. The summed E-state index contributed by atoms with van der Waals surface area (Å²) in [4.78, 5) is 25.9. The van der Waals surface area contributed by atoms with Crippen molar-refractivity contribution in [3.8, 4) is 11.9 Å². The predicted octanol–water partition coefficient (Wildman–Crippen LogP) is 4.54. The second-order valence-corrected chi connectivity index (χ2v) is 11.7. The van der Waals surface area contributed by atoms with Crippen molar-refractivity contribution < 1.29 is 27.4 Å². The molecule has 14 heteroatoms. The van der Waals surface area contributed by atoms with Gasteiger partial charge in [-0.15, -0.1) is 0 Å². The third-order valence-corrected chi connectivity index (χ3v) is 9.27. The van der Waals surface area contributed by atoms with Crippen LogP contribution in [0.25, 0.3) is 10.9 Å². The topological polar surface area (TPSA) is 98.6 Å². The van der Waals surface area contributed by atoms with E-state index in [4.69, 9.17) is 30.8 Å². The molecule has 0 amide bonds. The SMILES string of the molecule is Fc1c(Cl)nc2c3c(nc(OC[C@@]45CCCN4[C@H](COc4nccnc4C(F)F)CC5)nc13)N1CCCOC[C@@H]1CC2. The molecular formula is C28H31ClF3N7O3. The fourth-order valence-electron chi connectivity index (χ4n) is 7.04. The molecule has 224 valence electrons. The van der Waals surface area contributed by atoms with Gasteiger partial charge in [0.05, 0.1) is 29.3 Å². The average molecular weight is 606 g/mol. The number of anilines is 1.